The number of carbonyl (C=O) groups excluding carboxylic acids is 2. The highest BCUT2D eigenvalue weighted by atomic mass is 31.2. The fourth-order valence-electron chi connectivity index (χ4n) is 5.18. The minimum Gasteiger partial charge on any atom is -0.756 e. The van der Waals surface area contributed by atoms with Crippen LogP contribution in [-0.4, -0.2) is 70.0 Å². The van der Waals surface area contributed by atoms with E-state index in [0.29, 0.717) is 17.4 Å². The Labute approximate surface area is 295 Å². The lowest BCUT2D eigenvalue weighted by Crippen LogP contribution is -2.37. The highest BCUT2D eigenvalue weighted by Crippen LogP contribution is 2.38. The fraction of sp³-hybridized carbons (Fsp3) is 0.895. The number of likely N-dealkylation sites (N-methyl/N-ethyl adjacent to an activating group) is 1. The van der Waals surface area contributed by atoms with Crippen molar-refractivity contribution in [1.29, 1.82) is 0 Å². The first-order valence-corrected chi connectivity index (χ1v) is 20.9. The summed E-state index contributed by atoms with van der Waals surface area (Å²) in [6.07, 6.45) is 29.5. The number of hydrogen-bond donors (Lipinski definition) is 0. The van der Waals surface area contributed by atoms with Gasteiger partial charge < -0.3 is 27.9 Å². The van der Waals surface area contributed by atoms with Gasteiger partial charge in [-0.2, -0.15) is 0 Å². The van der Waals surface area contributed by atoms with Gasteiger partial charge in [-0.1, -0.05) is 129 Å². The summed E-state index contributed by atoms with van der Waals surface area (Å²) in [6, 6.07) is 0. The molecule has 2 atom stereocenters. The van der Waals surface area contributed by atoms with Crippen LogP contribution in [0.2, 0.25) is 0 Å². The van der Waals surface area contributed by atoms with E-state index in [0.717, 1.165) is 44.9 Å². The van der Waals surface area contributed by atoms with Crippen molar-refractivity contribution in [3.8, 4) is 0 Å². The van der Waals surface area contributed by atoms with Gasteiger partial charge in [0.25, 0.3) is 7.82 Å². The number of allylic oxidation sites excluding steroid dienone is 2. The second-order valence-corrected chi connectivity index (χ2v) is 15.7. The van der Waals surface area contributed by atoms with Crippen LogP contribution in [0.25, 0.3) is 0 Å². The molecule has 0 aliphatic heterocycles. The molecule has 0 amide bonds. The molecular weight excluding hydrogens is 629 g/mol. The number of phosphoric ester groups is 1. The molecule has 0 heterocycles. The number of hydrogen-bond acceptors (Lipinski definition) is 8. The van der Waals surface area contributed by atoms with Crippen LogP contribution in [0.4, 0.5) is 0 Å². The SMILES string of the molecule is CCCCCCCC/C=C\CCCCCC(=O)OC(COC(=O)CCCCCCCCCCCCC)COP(=O)([O-])OCC[N+](C)(C)C. The molecule has 0 fully saturated rings. The summed E-state index contributed by atoms with van der Waals surface area (Å²) < 4.78 is 33.7. The van der Waals surface area contributed by atoms with Gasteiger partial charge in [0.1, 0.15) is 19.8 Å². The van der Waals surface area contributed by atoms with Crippen LogP contribution < -0.4 is 4.89 Å². The molecule has 0 saturated carbocycles. The largest absolute Gasteiger partial charge is 0.756 e. The van der Waals surface area contributed by atoms with E-state index in [4.69, 9.17) is 18.5 Å². The first-order valence-electron chi connectivity index (χ1n) is 19.4. The van der Waals surface area contributed by atoms with Crippen molar-refractivity contribution in [3.63, 3.8) is 0 Å². The molecule has 0 aliphatic carbocycles. The van der Waals surface area contributed by atoms with Crippen molar-refractivity contribution >= 4 is 19.8 Å². The number of phosphoric acid groups is 1. The highest BCUT2D eigenvalue weighted by Gasteiger charge is 2.21. The zero-order chi connectivity index (χ0) is 35.8. The first-order chi connectivity index (χ1) is 23.0. The second kappa shape index (κ2) is 31.7. The van der Waals surface area contributed by atoms with Crippen LogP contribution >= 0.6 is 7.82 Å². The maximum atomic E-state index is 12.6. The Morgan fingerprint density at radius 1 is 0.625 bits per heavy atom. The third kappa shape index (κ3) is 34.6. The lowest BCUT2D eigenvalue weighted by molar-refractivity contribution is -0.870. The number of carbonyl (C=O) groups is 2. The first kappa shape index (κ1) is 46.8. The Morgan fingerprint density at radius 3 is 1.56 bits per heavy atom. The smallest absolute Gasteiger partial charge is 0.306 e. The maximum absolute atomic E-state index is 12.6. The van der Waals surface area contributed by atoms with E-state index in [1.165, 1.54) is 89.9 Å². The van der Waals surface area contributed by atoms with Gasteiger partial charge in [-0.25, -0.2) is 0 Å². The standard InChI is InChI=1S/C38H74NO8P/c1-6-8-10-12-14-16-18-19-21-23-25-27-29-31-38(41)47-36(35-46-48(42,43)45-33-32-39(3,4)5)34-44-37(40)30-28-26-24-22-20-17-15-13-11-9-7-2/h19,21,36H,6-18,20,22-35H2,1-5H3/b21-19-. The molecule has 0 aromatic heterocycles. The third-order valence-electron chi connectivity index (χ3n) is 8.29. The number of ether oxygens (including phenoxy) is 2. The number of esters is 2. The second-order valence-electron chi connectivity index (χ2n) is 14.3. The Morgan fingerprint density at radius 2 is 1.06 bits per heavy atom. The maximum Gasteiger partial charge on any atom is 0.306 e. The van der Waals surface area contributed by atoms with Crippen molar-refractivity contribution < 1.29 is 42.1 Å². The summed E-state index contributed by atoms with van der Waals surface area (Å²) in [7, 11) is 1.16. The molecule has 0 aromatic carbocycles. The Hall–Kier alpha value is -1.25. The molecule has 0 rings (SSSR count). The van der Waals surface area contributed by atoms with Gasteiger partial charge in [0.05, 0.1) is 27.7 Å². The predicted molar refractivity (Wildman–Crippen MR) is 195 cm³/mol. The van der Waals surface area contributed by atoms with Gasteiger partial charge in [0.15, 0.2) is 6.10 Å². The third-order valence-corrected chi connectivity index (χ3v) is 9.25. The van der Waals surface area contributed by atoms with Crippen LogP contribution in [0, 0.1) is 0 Å². The molecule has 0 aliphatic rings. The van der Waals surface area contributed by atoms with Crippen molar-refractivity contribution in [2.75, 3.05) is 47.5 Å². The summed E-state index contributed by atoms with van der Waals surface area (Å²) in [4.78, 5) is 37.3. The average Bonchev–Trinajstić information content (AvgIpc) is 3.02. The van der Waals surface area contributed by atoms with Gasteiger partial charge in [-0.15, -0.1) is 0 Å². The van der Waals surface area contributed by atoms with Crippen molar-refractivity contribution in [1.82, 2.24) is 0 Å². The van der Waals surface area contributed by atoms with E-state index < -0.39 is 26.5 Å². The molecule has 10 heteroatoms. The van der Waals surface area contributed by atoms with E-state index in [2.05, 4.69) is 26.0 Å². The normalized spacial score (nSPS) is 13.9. The van der Waals surface area contributed by atoms with Crippen LogP contribution in [0.3, 0.4) is 0 Å². The monoisotopic (exact) mass is 704 g/mol. The number of rotatable bonds is 35. The summed E-state index contributed by atoms with van der Waals surface area (Å²) in [5.74, 6) is -0.851. The Balaban J connectivity index is 4.45. The molecular formula is C38H74NO8P. The summed E-state index contributed by atoms with van der Waals surface area (Å²) in [5.41, 5.74) is 0. The van der Waals surface area contributed by atoms with E-state index in [1.807, 2.05) is 21.1 Å². The molecule has 0 N–H and O–H groups in total. The van der Waals surface area contributed by atoms with E-state index in [1.54, 1.807) is 0 Å². The van der Waals surface area contributed by atoms with Gasteiger partial charge in [-0.05, 0) is 38.5 Å². The summed E-state index contributed by atoms with van der Waals surface area (Å²) in [5, 5.41) is 0. The fourth-order valence-corrected chi connectivity index (χ4v) is 5.91. The van der Waals surface area contributed by atoms with Crippen molar-refractivity contribution in [2.24, 2.45) is 0 Å². The zero-order valence-electron chi connectivity index (χ0n) is 31.7. The van der Waals surface area contributed by atoms with E-state index in [9.17, 15) is 19.0 Å². The Kier molecular flexibility index (Phi) is 30.9. The van der Waals surface area contributed by atoms with Crippen LogP contribution in [0.15, 0.2) is 12.2 Å². The molecule has 0 saturated heterocycles. The predicted octanol–water partition coefficient (Wildman–Crippen LogP) is 9.61. The van der Waals surface area contributed by atoms with E-state index in [-0.39, 0.29) is 32.0 Å². The minimum atomic E-state index is -4.61. The topological polar surface area (TPSA) is 111 Å². The molecule has 2 unspecified atom stereocenters. The molecule has 284 valence electrons. The van der Waals surface area contributed by atoms with Crippen molar-refractivity contribution in [3.05, 3.63) is 12.2 Å². The lowest BCUT2D eigenvalue weighted by Gasteiger charge is -2.28. The van der Waals surface area contributed by atoms with Gasteiger partial charge in [0, 0.05) is 12.8 Å². The van der Waals surface area contributed by atoms with Crippen LogP contribution in [-0.2, 0) is 32.7 Å². The van der Waals surface area contributed by atoms with Gasteiger partial charge in [0.2, 0.25) is 0 Å². The zero-order valence-corrected chi connectivity index (χ0v) is 32.6. The molecule has 48 heavy (non-hydrogen) atoms. The number of unbranched alkanes of at least 4 members (excludes halogenated alkanes) is 19. The molecule has 0 radical (unpaired) electrons. The lowest BCUT2D eigenvalue weighted by atomic mass is 10.1. The van der Waals surface area contributed by atoms with Crippen LogP contribution in [0.5, 0.6) is 0 Å². The van der Waals surface area contributed by atoms with Crippen molar-refractivity contribution in [2.45, 2.75) is 174 Å². The summed E-state index contributed by atoms with van der Waals surface area (Å²) >= 11 is 0. The molecule has 0 spiro atoms. The molecule has 0 bridgehead atoms. The van der Waals surface area contributed by atoms with Gasteiger partial charge in [-0.3, -0.25) is 14.2 Å². The average molecular weight is 704 g/mol. The van der Waals surface area contributed by atoms with E-state index >= 15 is 0 Å². The van der Waals surface area contributed by atoms with Gasteiger partial charge >= 0.3 is 11.9 Å². The number of nitrogens with zero attached hydrogens (tertiary/aromatic N) is 1. The highest BCUT2D eigenvalue weighted by molar-refractivity contribution is 7.45. The number of quaternary nitrogens is 1. The molecule has 9 nitrogen and oxygen atoms in total. The Bertz CT molecular complexity index is 845. The summed E-state index contributed by atoms with van der Waals surface area (Å²) in [6.45, 7) is 4.18. The molecule has 0 aromatic rings. The minimum absolute atomic E-state index is 0.0308. The van der Waals surface area contributed by atoms with Crippen LogP contribution in [0.1, 0.15) is 168 Å². The quantitative estimate of drug-likeness (QED) is 0.0211.